The van der Waals surface area contributed by atoms with Gasteiger partial charge in [-0.3, -0.25) is 19.2 Å². The van der Waals surface area contributed by atoms with Gasteiger partial charge in [0.25, 0.3) is 5.91 Å². The molecule has 1 atom stereocenters. The molecule has 0 radical (unpaired) electrons. The van der Waals surface area contributed by atoms with Crippen LogP contribution in [0.4, 0.5) is 0 Å². The van der Waals surface area contributed by atoms with Gasteiger partial charge in [-0.2, -0.15) is 5.26 Å². The molecule has 4 N–H and O–H groups in total. The lowest BCUT2D eigenvalue weighted by Crippen LogP contribution is -2.41. The van der Waals surface area contributed by atoms with Crippen molar-refractivity contribution < 1.29 is 53.4 Å². The summed E-state index contributed by atoms with van der Waals surface area (Å²) >= 11 is 0. The van der Waals surface area contributed by atoms with E-state index < -0.39 is 42.1 Å². The first-order chi connectivity index (χ1) is 24.3. The summed E-state index contributed by atoms with van der Waals surface area (Å²) in [6.45, 7) is 11.6. The predicted molar refractivity (Wildman–Crippen MR) is 195 cm³/mol. The molecule has 0 aliphatic heterocycles. The maximum absolute atomic E-state index is 13.1. The number of amides is 1. The van der Waals surface area contributed by atoms with E-state index in [1.165, 1.54) is 0 Å². The second-order valence-corrected chi connectivity index (χ2v) is 13.8. The molecule has 2 aromatic rings. The Morgan fingerprint density at radius 2 is 1.35 bits per heavy atom. The molecule has 14 nitrogen and oxygen atoms in total. The minimum atomic E-state index is -1.40. The lowest BCUT2D eigenvalue weighted by molar-refractivity contribution is -0.152. The van der Waals surface area contributed by atoms with Gasteiger partial charge in [0, 0.05) is 17.6 Å². The Balaban J connectivity index is 0.000000960. The van der Waals surface area contributed by atoms with E-state index in [0.717, 1.165) is 30.6 Å². The first-order valence-corrected chi connectivity index (χ1v) is 16.8. The Kier molecular flexibility index (Phi) is 17.9. The van der Waals surface area contributed by atoms with Crippen LogP contribution in [0.3, 0.4) is 0 Å². The van der Waals surface area contributed by atoms with E-state index in [9.17, 15) is 24.4 Å². The number of ether oxygens (including phenoxy) is 4. The number of hydrogen-bond donors (Lipinski definition) is 4. The first kappa shape index (κ1) is 45.0. The lowest BCUT2D eigenvalue weighted by atomic mass is 9.69. The fraction of sp³-hybridized carbons (Fsp3) is 0.553. The molecule has 288 valence electrons. The molecule has 0 saturated carbocycles. The smallest absolute Gasteiger partial charge is 0.307 e. The molecule has 2 rings (SSSR count). The van der Waals surface area contributed by atoms with Crippen LogP contribution in [0.25, 0.3) is 0 Å². The van der Waals surface area contributed by atoms with Gasteiger partial charge in [-0.1, -0.05) is 19.9 Å². The maximum Gasteiger partial charge on any atom is 0.307 e. The van der Waals surface area contributed by atoms with Gasteiger partial charge in [-0.25, -0.2) is 0 Å². The van der Waals surface area contributed by atoms with Crippen molar-refractivity contribution in [3.63, 3.8) is 0 Å². The van der Waals surface area contributed by atoms with E-state index in [0.29, 0.717) is 41.4 Å². The average Bonchev–Trinajstić information content (AvgIpc) is 3.07. The van der Waals surface area contributed by atoms with Gasteiger partial charge in [-0.05, 0) is 94.9 Å². The van der Waals surface area contributed by atoms with Crippen LogP contribution in [-0.2, 0) is 26.2 Å². The van der Waals surface area contributed by atoms with Gasteiger partial charge in [-0.15, -0.1) is 0 Å². The molecule has 1 unspecified atom stereocenters. The zero-order chi connectivity index (χ0) is 39.8. The number of nitrogens with zero attached hydrogens (tertiary/aromatic N) is 2. The SMILES string of the molecule is COc1ccc(C(C#N)(CCCN(C)CCc2cc(OC)c(OC)cc2C(=O)NC(C)(C)C)C(C)C)cc1OC.O=C(O)CC(CC(=O)O)C(=O)O. The van der Waals surface area contributed by atoms with Crippen molar-refractivity contribution in [2.45, 2.75) is 77.7 Å². The lowest BCUT2D eigenvalue weighted by Gasteiger charge is -2.32. The van der Waals surface area contributed by atoms with Crippen molar-refractivity contribution in [3.05, 3.63) is 47.0 Å². The summed E-state index contributed by atoms with van der Waals surface area (Å²) in [5.41, 5.74) is 1.39. The number of methoxy groups -OCH3 is 4. The van der Waals surface area contributed by atoms with Gasteiger partial charge in [0.1, 0.15) is 0 Å². The van der Waals surface area contributed by atoms with Crippen molar-refractivity contribution in [2.24, 2.45) is 11.8 Å². The number of likely N-dealkylation sites (N-methyl/N-ethyl adjacent to an activating group) is 1. The molecule has 2 aromatic carbocycles. The van der Waals surface area contributed by atoms with Crippen LogP contribution in [0.1, 0.15) is 81.8 Å². The summed E-state index contributed by atoms with van der Waals surface area (Å²) in [6.07, 6.45) is 0.868. The molecule has 0 heterocycles. The number of hydrogen-bond acceptors (Lipinski definition) is 10. The molecule has 14 heteroatoms. The van der Waals surface area contributed by atoms with Crippen LogP contribution in [0.2, 0.25) is 0 Å². The van der Waals surface area contributed by atoms with Gasteiger partial charge >= 0.3 is 17.9 Å². The highest BCUT2D eigenvalue weighted by Crippen LogP contribution is 2.40. The van der Waals surface area contributed by atoms with Gasteiger partial charge in [0.2, 0.25) is 0 Å². The van der Waals surface area contributed by atoms with Crippen LogP contribution in [0, 0.1) is 23.2 Å². The minimum Gasteiger partial charge on any atom is -0.493 e. The number of carbonyl (C=O) groups excluding carboxylic acids is 1. The Morgan fingerprint density at radius 1 is 0.827 bits per heavy atom. The Hall–Kier alpha value is -5.03. The number of carbonyl (C=O) groups is 4. The third-order valence-electron chi connectivity index (χ3n) is 8.49. The third-order valence-corrected chi connectivity index (χ3v) is 8.49. The summed E-state index contributed by atoms with van der Waals surface area (Å²) < 4.78 is 21.9. The number of benzene rings is 2. The molecule has 0 aliphatic carbocycles. The van der Waals surface area contributed by atoms with Crippen LogP contribution in [0.5, 0.6) is 23.0 Å². The molecule has 0 bridgehead atoms. The van der Waals surface area contributed by atoms with Gasteiger partial charge < -0.3 is 44.5 Å². The fourth-order valence-electron chi connectivity index (χ4n) is 5.60. The third kappa shape index (κ3) is 13.6. The van der Waals surface area contributed by atoms with E-state index in [4.69, 9.17) is 34.3 Å². The summed E-state index contributed by atoms with van der Waals surface area (Å²) in [5, 5.41) is 38.1. The van der Waals surface area contributed by atoms with Crippen molar-refractivity contribution in [1.82, 2.24) is 10.2 Å². The standard InChI is InChI=1S/C32H47N3O5.C6H8O6/c1-22(2)32(21-33,24-12-13-26(37-7)28(19-24)39-9)15-11-16-35(6)17-14-23-18-27(38-8)29(40-10)20-25(23)30(36)34-31(3,4)5;7-4(8)1-3(6(11)12)2-5(9)10/h12-13,18-20,22H,11,14-17H2,1-10H3,(H,34,36);3H,1-2H2,(H,7,8)(H,9,10)(H,11,12). The van der Waals surface area contributed by atoms with Crippen LogP contribution < -0.4 is 24.3 Å². The highest BCUT2D eigenvalue weighted by atomic mass is 16.5. The van der Waals surface area contributed by atoms with Crippen molar-refractivity contribution in [1.29, 1.82) is 5.26 Å². The number of nitriles is 1. The number of rotatable bonds is 19. The number of aliphatic carboxylic acids is 3. The monoisotopic (exact) mass is 729 g/mol. The number of carboxylic acid groups (broad SMARTS) is 3. The molecule has 0 aromatic heterocycles. The van der Waals surface area contributed by atoms with Gasteiger partial charge in [0.15, 0.2) is 23.0 Å². The van der Waals surface area contributed by atoms with E-state index in [1.54, 1.807) is 34.5 Å². The zero-order valence-electron chi connectivity index (χ0n) is 32.0. The second kappa shape index (κ2) is 20.7. The number of carboxylic acids is 3. The molecule has 0 spiro atoms. The molecule has 0 fully saturated rings. The summed E-state index contributed by atoms with van der Waals surface area (Å²) in [5.74, 6) is -3.03. The second-order valence-electron chi connectivity index (χ2n) is 13.8. The molecule has 0 aliphatic rings. The Labute approximate surface area is 306 Å². The van der Waals surface area contributed by atoms with Crippen LogP contribution in [-0.4, -0.2) is 98.1 Å². The van der Waals surface area contributed by atoms with E-state index in [-0.39, 0.29) is 17.4 Å². The van der Waals surface area contributed by atoms with Crippen molar-refractivity contribution in [2.75, 3.05) is 48.6 Å². The normalized spacial score (nSPS) is 12.2. The summed E-state index contributed by atoms with van der Waals surface area (Å²) in [6, 6.07) is 12.0. The molecule has 52 heavy (non-hydrogen) atoms. The van der Waals surface area contributed by atoms with Crippen LogP contribution >= 0.6 is 0 Å². The quantitative estimate of drug-likeness (QED) is 0.146. The topological polar surface area (TPSA) is 205 Å². The zero-order valence-corrected chi connectivity index (χ0v) is 32.0. The summed E-state index contributed by atoms with van der Waals surface area (Å²) in [7, 11) is 8.44. The molecular formula is C38H55N3O11. The Morgan fingerprint density at radius 3 is 1.79 bits per heavy atom. The van der Waals surface area contributed by atoms with E-state index in [2.05, 4.69) is 37.2 Å². The minimum absolute atomic E-state index is 0.108. The summed E-state index contributed by atoms with van der Waals surface area (Å²) in [4.78, 5) is 45.7. The maximum atomic E-state index is 13.1. The average molecular weight is 730 g/mol. The first-order valence-electron chi connectivity index (χ1n) is 16.8. The fourth-order valence-corrected chi connectivity index (χ4v) is 5.60. The largest absolute Gasteiger partial charge is 0.493 e. The molecular weight excluding hydrogens is 674 g/mol. The molecule has 0 saturated heterocycles. The van der Waals surface area contributed by atoms with Crippen molar-refractivity contribution >= 4 is 23.8 Å². The van der Waals surface area contributed by atoms with E-state index in [1.807, 2.05) is 45.0 Å². The van der Waals surface area contributed by atoms with Crippen molar-refractivity contribution in [3.8, 4) is 29.1 Å². The van der Waals surface area contributed by atoms with E-state index >= 15 is 0 Å². The highest BCUT2D eigenvalue weighted by Gasteiger charge is 2.36. The molecule has 1 amide bonds. The Bertz CT molecular complexity index is 1550. The highest BCUT2D eigenvalue weighted by molar-refractivity contribution is 5.97. The van der Waals surface area contributed by atoms with Gasteiger partial charge in [0.05, 0.1) is 58.7 Å². The van der Waals surface area contributed by atoms with Crippen LogP contribution in [0.15, 0.2) is 30.3 Å². The predicted octanol–water partition coefficient (Wildman–Crippen LogP) is 5.26. The number of nitrogens with one attached hydrogen (secondary N) is 1.